The van der Waals surface area contributed by atoms with Crippen LogP contribution in [0.25, 0.3) is 0 Å². The first-order valence-corrected chi connectivity index (χ1v) is 8.08. The van der Waals surface area contributed by atoms with Crippen LogP contribution in [-0.4, -0.2) is 23.5 Å². The van der Waals surface area contributed by atoms with Crippen molar-refractivity contribution >= 4 is 5.91 Å². The Morgan fingerprint density at radius 2 is 2.00 bits per heavy atom. The highest BCUT2D eigenvalue weighted by molar-refractivity contribution is 5.82. The van der Waals surface area contributed by atoms with Crippen LogP contribution in [0.3, 0.4) is 0 Å². The minimum absolute atomic E-state index is 0.0234. The summed E-state index contributed by atoms with van der Waals surface area (Å²) >= 11 is 0. The lowest BCUT2D eigenvalue weighted by molar-refractivity contribution is -0.125. The van der Waals surface area contributed by atoms with Crippen molar-refractivity contribution < 1.29 is 4.79 Å². The maximum atomic E-state index is 12.4. The van der Waals surface area contributed by atoms with Gasteiger partial charge in [-0.2, -0.15) is 0 Å². The van der Waals surface area contributed by atoms with Gasteiger partial charge >= 0.3 is 0 Å². The van der Waals surface area contributed by atoms with Crippen molar-refractivity contribution in [3.63, 3.8) is 0 Å². The summed E-state index contributed by atoms with van der Waals surface area (Å²) in [5, 5.41) is 6.62. The van der Waals surface area contributed by atoms with Gasteiger partial charge in [0.1, 0.15) is 0 Å². The second kappa shape index (κ2) is 7.08. The second-order valence-corrected chi connectivity index (χ2v) is 6.91. The van der Waals surface area contributed by atoms with E-state index < -0.39 is 0 Å². The van der Waals surface area contributed by atoms with Crippen molar-refractivity contribution in [3.8, 4) is 0 Å². The Morgan fingerprint density at radius 1 is 1.29 bits per heavy atom. The van der Waals surface area contributed by atoms with Crippen molar-refractivity contribution in [2.45, 2.75) is 70.5 Å². The van der Waals surface area contributed by atoms with E-state index in [4.69, 9.17) is 0 Å². The molecule has 0 aliphatic carbocycles. The molecule has 3 heteroatoms. The predicted molar refractivity (Wildman–Crippen MR) is 87.2 cm³/mol. The summed E-state index contributed by atoms with van der Waals surface area (Å²) in [4.78, 5) is 12.4. The van der Waals surface area contributed by atoms with Gasteiger partial charge in [-0.1, -0.05) is 30.3 Å². The minimum atomic E-state index is -0.171. The number of hydrogen-bond acceptors (Lipinski definition) is 2. The molecule has 1 aromatic rings. The van der Waals surface area contributed by atoms with Gasteiger partial charge in [0.05, 0.1) is 6.04 Å². The van der Waals surface area contributed by atoms with Gasteiger partial charge < -0.3 is 10.6 Å². The SMILES string of the molecule is CC1CCCC(C(=O)NC(C)(C)CCc2ccccc2)N1. The molecule has 0 spiro atoms. The molecular weight excluding hydrogens is 260 g/mol. The predicted octanol–water partition coefficient (Wildman–Crippen LogP) is 3.04. The second-order valence-electron chi connectivity index (χ2n) is 6.91. The zero-order chi connectivity index (χ0) is 15.3. The van der Waals surface area contributed by atoms with Crippen LogP contribution in [-0.2, 0) is 11.2 Å². The molecule has 1 saturated heterocycles. The number of hydrogen-bond donors (Lipinski definition) is 2. The van der Waals surface area contributed by atoms with E-state index in [1.165, 1.54) is 12.0 Å². The van der Waals surface area contributed by atoms with Crippen LogP contribution in [0.15, 0.2) is 30.3 Å². The van der Waals surface area contributed by atoms with Crippen molar-refractivity contribution in [1.29, 1.82) is 0 Å². The largest absolute Gasteiger partial charge is 0.350 e. The van der Waals surface area contributed by atoms with E-state index in [0.717, 1.165) is 25.7 Å². The quantitative estimate of drug-likeness (QED) is 0.874. The van der Waals surface area contributed by atoms with Gasteiger partial charge in [0.2, 0.25) is 5.91 Å². The molecule has 0 aromatic heterocycles. The summed E-state index contributed by atoms with van der Waals surface area (Å²) in [5.74, 6) is 0.152. The van der Waals surface area contributed by atoms with E-state index in [1.54, 1.807) is 0 Å². The fourth-order valence-electron chi connectivity index (χ4n) is 2.93. The Balaban J connectivity index is 1.83. The van der Waals surface area contributed by atoms with E-state index >= 15 is 0 Å². The number of rotatable bonds is 5. The highest BCUT2D eigenvalue weighted by atomic mass is 16.2. The lowest BCUT2D eigenvalue weighted by Crippen LogP contribution is -2.55. The Kier molecular flexibility index (Phi) is 5.40. The molecule has 1 aliphatic heterocycles. The molecule has 1 fully saturated rings. The zero-order valence-corrected chi connectivity index (χ0v) is 13.5. The molecule has 1 amide bonds. The monoisotopic (exact) mass is 288 g/mol. The maximum absolute atomic E-state index is 12.4. The van der Waals surface area contributed by atoms with E-state index in [2.05, 4.69) is 55.7 Å². The number of aryl methyl sites for hydroxylation is 1. The van der Waals surface area contributed by atoms with Crippen molar-refractivity contribution in [2.75, 3.05) is 0 Å². The molecule has 3 nitrogen and oxygen atoms in total. The van der Waals surface area contributed by atoms with Gasteiger partial charge in [-0.3, -0.25) is 4.79 Å². The van der Waals surface area contributed by atoms with Crippen molar-refractivity contribution in [2.24, 2.45) is 0 Å². The first-order chi connectivity index (χ1) is 9.96. The van der Waals surface area contributed by atoms with Gasteiger partial charge in [-0.05, 0) is 58.4 Å². The van der Waals surface area contributed by atoms with Crippen molar-refractivity contribution in [3.05, 3.63) is 35.9 Å². The fourth-order valence-corrected chi connectivity index (χ4v) is 2.93. The lowest BCUT2D eigenvalue weighted by Gasteiger charge is -2.32. The summed E-state index contributed by atoms with van der Waals surface area (Å²) in [6.45, 7) is 6.38. The van der Waals surface area contributed by atoms with Crippen LogP contribution in [0.2, 0.25) is 0 Å². The number of benzene rings is 1. The highest BCUT2D eigenvalue weighted by Gasteiger charge is 2.28. The molecule has 2 atom stereocenters. The third-order valence-corrected chi connectivity index (χ3v) is 4.28. The van der Waals surface area contributed by atoms with E-state index in [-0.39, 0.29) is 17.5 Å². The Hall–Kier alpha value is -1.35. The third kappa shape index (κ3) is 5.16. The highest BCUT2D eigenvalue weighted by Crippen LogP contribution is 2.16. The minimum Gasteiger partial charge on any atom is -0.350 e. The van der Waals surface area contributed by atoms with Crippen LogP contribution in [0.4, 0.5) is 0 Å². The Bertz CT molecular complexity index is 456. The van der Waals surface area contributed by atoms with Crippen LogP contribution in [0.1, 0.15) is 52.0 Å². The van der Waals surface area contributed by atoms with Gasteiger partial charge in [-0.25, -0.2) is 0 Å². The van der Waals surface area contributed by atoms with E-state index in [9.17, 15) is 4.79 Å². The van der Waals surface area contributed by atoms with E-state index in [1.807, 2.05) is 6.07 Å². The molecule has 21 heavy (non-hydrogen) atoms. The number of amides is 1. The summed E-state index contributed by atoms with van der Waals surface area (Å²) in [6.07, 6.45) is 5.19. The van der Waals surface area contributed by atoms with Gasteiger partial charge in [0.25, 0.3) is 0 Å². The van der Waals surface area contributed by atoms with Gasteiger partial charge in [0.15, 0.2) is 0 Å². The topological polar surface area (TPSA) is 41.1 Å². The molecule has 1 heterocycles. The first-order valence-electron chi connectivity index (χ1n) is 8.08. The molecule has 2 rings (SSSR count). The molecule has 0 bridgehead atoms. The zero-order valence-electron chi connectivity index (χ0n) is 13.5. The standard InChI is InChI=1S/C18H28N2O/c1-14-8-7-11-16(19-14)17(21)20-18(2,3)13-12-15-9-5-4-6-10-15/h4-6,9-10,14,16,19H,7-8,11-13H2,1-3H3,(H,20,21). The summed E-state index contributed by atoms with van der Waals surface area (Å²) in [7, 11) is 0. The van der Waals surface area contributed by atoms with E-state index in [0.29, 0.717) is 6.04 Å². The molecular formula is C18H28N2O. The average Bonchev–Trinajstić information content (AvgIpc) is 2.46. The molecule has 116 valence electrons. The van der Waals surface area contributed by atoms with Crippen LogP contribution >= 0.6 is 0 Å². The summed E-state index contributed by atoms with van der Waals surface area (Å²) in [5.41, 5.74) is 1.15. The maximum Gasteiger partial charge on any atom is 0.237 e. The molecule has 2 N–H and O–H groups in total. The fraction of sp³-hybridized carbons (Fsp3) is 0.611. The number of nitrogens with one attached hydrogen (secondary N) is 2. The number of piperidine rings is 1. The van der Waals surface area contributed by atoms with Crippen LogP contribution in [0.5, 0.6) is 0 Å². The summed E-state index contributed by atoms with van der Waals surface area (Å²) in [6, 6.07) is 10.9. The first kappa shape index (κ1) is 16.0. The number of carbonyl (C=O) groups excluding carboxylic acids is 1. The lowest BCUT2D eigenvalue weighted by atomic mass is 9.93. The number of carbonyl (C=O) groups is 1. The average molecular weight is 288 g/mol. The molecule has 1 aromatic carbocycles. The normalized spacial score (nSPS) is 22.8. The van der Waals surface area contributed by atoms with Gasteiger partial charge in [0, 0.05) is 11.6 Å². The smallest absolute Gasteiger partial charge is 0.237 e. The molecule has 0 radical (unpaired) electrons. The van der Waals surface area contributed by atoms with Crippen molar-refractivity contribution in [1.82, 2.24) is 10.6 Å². The molecule has 1 aliphatic rings. The molecule has 2 unspecified atom stereocenters. The molecule has 0 saturated carbocycles. The third-order valence-electron chi connectivity index (χ3n) is 4.28. The summed E-state index contributed by atoms with van der Waals surface area (Å²) < 4.78 is 0. The van der Waals surface area contributed by atoms with Crippen LogP contribution < -0.4 is 10.6 Å². The van der Waals surface area contributed by atoms with Crippen LogP contribution in [0, 0.1) is 0 Å². The Labute approximate surface area is 128 Å². The van der Waals surface area contributed by atoms with Gasteiger partial charge in [-0.15, -0.1) is 0 Å². The Morgan fingerprint density at radius 3 is 2.67 bits per heavy atom.